The molecule has 1 aromatic carbocycles. The van der Waals surface area contributed by atoms with Crippen LogP contribution in [-0.4, -0.2) is 25.0 Å². The first-order chi connectivity index (χ1) is 9.51. The quantitative estimate of drug-likeness (QED) is 0.838. The van der Waals surface area contributed by atoms with Gasteiger partial charge in [-0.1, -0.05) is 0 Å². The minimum absolute atomic E-state index is 0.0109. The molecular weight excluding hydrogens is 269 g/mol. The van der Waals surface area contributed by atoms with Crippen molar-refractivity contribution in [3.05, 3.63) is 35.1 Å². The Bertz CT molecular complexity index is 476. The minimum Gasteiger partial charge on any atom is -0.349 e. The molecule has 6 heteroatoms. The van der Waals surface area contributed by atoms with Crippen molar-refractivity contribution in [2.45, 2.75) is 37.8 Å². The van der Waals surface area contributed by atoms with Crippen molar-refractivity contribution >= 4 is 5.91 Å². The summed E-state index contributed by atoms with van der Waals surface area (Å²) < 4.78 is 39.0. The zero-order chi connectivity index (χ0) is 14.7. The van der Waals surface area contributed by atoms with Gasteiger partial charge in [-0.2, -0.15) is 0 Å². The maximum atomic E-state index is 13.1. The molecule has 0 radical (unpaired) electrons. The summed E-state index contributed by atoms with van der Waals surface area (Å²) in [5.41, 5.74) is -0.197. The number of hydrogen-bond donors (Lipinski definition) is 2. The van der Waals surface area contributed by atoms with Gasteiger partial charge in [0.25, 0.3) is 5.91 Å². The molecular formula is C14H17F3N2O. The van der Waals surface area contributed by atoms with Gasteiger partial charge in [0, 0.05) is 17.6 Å². The lowest BCUT2D eigenvalue weighted by atomic mass is 9.91. The second-order valence-corrected chi connectivity index (χ2v) is 5.06. The molecule has 0 atom stereocenters. The van der Waals surface area contributed by atoms with Crippen LogP contribution in [0.1, 0.15) is 36.0 Å². The van der Waals surface area contributed by atoms with Crippen LogP contribution in [0.4, 0.5) is 13.2 Å². The highest BCUT2D eigenvalue weighted by Crippen LogP contribution is 2.19. The van der Waals surface area contributed by atoms with E-state index in [0.717, 1.165) is 25.7 Å². The van der Waals surface area contributed by atoms with Crippen LogP contribution in [0.3, 0.4) is 0 Å². The molecule has 1 aromatic rings. The summed E-state index contributed by atoms with van der Waals surface area (Å²) in [6.07, 6.45) is 3.49. The number of benzene rings is 1. The smallest absolute Gasteiger partial charge is 0.251 e. The molecule has 1 aliphatic carbocycles. The van der Waals surface area contributed by atoms with Crippen LogP contribution in [0, 0.1) is 17.5 Å². The third kappa shape index (κ3) is 3.30. The van der Waals surface area contributed by atoms with Crippen LogP contribution in [0.15, 0.2) is 12.1 Å². The van der Waals surface area contributed by atoms with Crippen molar-refractivity contribution in [2.75, 3.05) is 7.05 Å². The third-order valence-corrected chi connectivity index (χ3v) is 3.72. The molecule has 0 spiro atoms. The Morgan fingerprint density at radius 3 is 2.05 bits per heavy atom. The number of nitrogens with one attached hydrogen (secondary N) is 2. The van der Waals surface area contributed by atoms with Crippen molar-refractivity contribution < 1.29 is 18.0 Å². The van der Waals surface area contributed by atoms with Crippen molar-refractivity contribution in [3.63, 3.8) is 0 Å². The molecule has 0 bridgehead atoms. The van der Waals surface area contributed by atoms with Crippen LogP contribution in [-0.2, 0) is 0 Å². The van der Waals surface area contributed by atoms with E-state index in [9.17, 15) is 18.0 Å². The molecule has 2 rings (SSSR count). The lowest BCUT2D eigenvalue weighted by molar-refractivity contribution is 0.0923. The van der Waals surface area contributed by atoms with E-state index >= 15 is 0 Å². The summed E-state index contributed by atoms with van der Waals surface area (Å²) in [6, 6.07) is 1.87. The molecule has 0 aliphatic heterocycles. The van der Waals surface area contributed by atoms with Crippen LogP contribution in [0.5, 0.6) is 0 Å². The van der Waals surface area contributed by atoms with Gasteiger partial charge in [0.1, 0.15) is 0 Å². The van der Waals surface area contributed by atoms with Gasteiger partial charge in [-0.3, -0.25) is 4.79 Å². The normalized spacial score (nSPS) is 22.6. The number of carbonyl (C=O) groups is 1. The van der Waals surface area contributed by atoms with Crippen molar-refractivity contribution in [2.24, 2.45) is 0 Å². The van der Waals surface area contributed by atoms with Gasteiger partial charge in [-0.05, 0) is 44.9 Å². The number of rotatable bonds is 3. The van der Waals surface area contributed by atoms with E-state index in [1.165, 1.54) is 0 Å². The number of hydrogen-bond acceptors (Lipinski definition) is 2. The highest BCUT2D eigenvalue weighted by Gasteiger charge is 2.22. The molecule has 1 amide bonds. The molecule has 110 valence electrons. The topological polar surface area (TPSA) is 41.1 Å². The van der Waals surface area contributed by atoms with E-state index in [0.29, 0.717) is 18.2 Å². The zero-order valence-electron chi connectivity index (χ0n) is 11.2. The minimum atomic E-state index is -1.56. The van der Waals surface area contributed by atoms with E-state index in [-0.39, 0.29) is 11.6 Å². The second-order valence-electron chi connectivity index (χ2n) is 5.06. The summed E-state index contributed by atoms with van der Waals surface area (Å²) in [5.74, 6) is -4.84. The molecule has 2 N–H and O–H groups in total. The highest BCUT2D eigenvalue weighted by molar-refractivity contribution is 5.94. The summed E-state index contributed by atoms with van der Waals surface area (Å²) >= 11 is 0. The molecule has 1 aliphatic rings. The standard InChI is InChI=1S/C14H17F3N2O/c1-18-9-2-4-10(5-3-9)19-14(20)8-6-11(15)13(17)12(16)7-8/h6-7,9-10,18H,2-5H2,1H3,(H,19,20). The van der Waals surface area contributed by atoms with E-state index in [4.69, 9.17) is 0 Å². The van der Waals surface area contributed by atoms with Crippen molar-refractivity contribution in [1.29, 1.82) is 0 Å². The molecule has 3 nitrogen and oxygen atoms in total. The first-order valence-corrected chi connectivity index (χ1v) is 6.64. The fourth-order valence-electron chi connectivity index (χ4n) is 2.48. The SMILES string of the molecule is CNC1CCC(NC(=O)c2cc(F)c(F)c(F)c2)CC1. The number of halogens is 3. The van der Waals surface area contributed by atoms with Gasteiger partial charge >= 0.3 is 0 Å². The summed E-state index contributed by atoms with van der Waals surface area (Å²) in [7, 11) is 1.90. The first-order valence-electron chi connectivity index (χ1n) is 6.64. The largest absolute Gasteiger partial charge is 0.349 e. The fourth-order valence-corrected chi connectivity index (χ4v) is 2.48. The van der Waals surface area contributed by atoms with Crippen LogP contribution >= 0.6 is 0 Å². The Labute approximate surface area is 115 Å². The van der Waals surface area contributed by atoms with Gasteiger partial charge in [-0.25, -0.2) is 13.2 Å². The van der Waals surface area contributed by atoms with Gasteiger partial charge in [0.2, 0.25) is 0 Å². The Morgan fingerprint density at radius 1 is 1.05 bits per heavy atom. The van der Waals surface area contributed by atoms with Crippen LogP contribution < -0.4 is 10.6 Å². The lowest BCUT2D eigenvalue weighted by Gasteiger charge is -2.28. The van der Waals surface area contributed by atoms with E-state index < -0.39 is 23.4 Å². The molecule has 0 heterocycles. The number of carbonyl (C=O) groups excluding carboxylic acids is 1. The van der Waals surface area contributed by atoms with Crippen LogP contribution in [0.25, 0.3) is 0 Å². The summed E-state index contributed by atoms with van der Waals surface area (Å²) in [4.78, 5) is 11.9. The average Bonchev–Trinajstić information content (AvgIpc) is 2.45. The Hall–Kier alpha value is -1.56. The maximum Gasteiger partial charge on any atom is 0.251 e. The van der Waals surface area contributed by atoms with Gasteiger partial charge in [0.15, 0.2) is 17.5 Å². The fraction of sp³-hybridized carbons (Fsp3) is 0.500. The maximum absolute atomic E-state index is 13.1. The third-order valence-electron chi connectivity index (χ3n) is 3.72. The lowest BCUT2D eigenvalue weighted by Crippen LogP contribution is -2.41. The first kappa shape index (κ1) is 14.8. The Morgan fingerprint density at radius 2 is 1.55 bits per heavy atom. The van der Waals surface area contributed by atoms with E-state index in [1.54, 1.807) is 0 Å². The van der Waals surface area contributed by atoms with Gasteiger partial charge in [0.05, 0.1) is 0 Å². The average molecular weight is 286 g/mol. The molecule has 1 saturated carbocycles. The Balaban J connectivity index is 1.99. The second kappa shape index (κ2) is 6.26. The van der Waals surface area contributed by atoms with Crippen molar-refractivity contribution in [3.8, 4) is 0 Å². The van der Waals surface area contributed by atoms with Crippen LogP contribution in [0.2, 0.25) is 0 Å². The number of amides is 1. The molecule has 1 fully saturated rings. The predicted molar refractivity (Wildman–Crippen MR) is 68.9 cm³/mol. The Kier molecular flexibility index (Phi) is 4.65. The molecule has 0 unspecified atom stereocenters. The summed E-state index contributed by atoms with van der Waals surface area (Å²) in [5, 5.41) is 5.91. The van der Waals surface area contributed by atoms with Gasteiger partial charge < -0.3 is 10.6 Å². The van der Waals surface area contributed by atoms with Crippen molar-refractivity contribution in [1.82, 2.24) is 10.6 Å². The van der Waals surface area contributed by atoms with E-state index in [2.05, 4.69) is 10.6 Å². The predicted octanol–water partition coefficient (Wildman–Crippen LogP) is 2.36. The molecule has 0 saturated heterocycles. The van der Waals surface area contributed by atoms with Gasteiger partial charge in [-0.15, -0.1) is 0 Å². The van der Waals surface area contributed by atoms with E-state index in [1.807, 2.05) is 7.05 Å². The molecule has 20 heavy (non-hydrogen) atoms. The monoisotopic (exact) mass is 286 g/mol. The molecule has 0 aromatic heterocycles. The zero-order valence-corrected chi connectivity index (χ0v) is 11.2. The summed E-state index contributed by atoms with van der Waals surface area (Å²) in [6.45, 7) is 0. The highest BCUT2D eigenvalue weighted by atomic mass is 19.2.